The van der Waals surface area contributed by atoms with E-state index < -0.39 is 32.8 Å². The minimum Gasteiger partial charge on any atom is -0.394 e. The molecule has 0 fully saturated rings. The van der Waals surface area contributed by atoms with Gasteiger partial charge >= 0.3 is 0 Å². The summed E-state index contributed by atoms with van der Waals surface area (Å²) < 4.78 is 51.8. The van der Waals surface area contributed by atoms with E-state index in [1.54, 1.807) is 23.2 Å². The van der Waals surface area contributed by atoms with Crippen molar-refractivity contribution in [2.75, 3.05) is 18.5 Å². The number of nitrogens with one attached hydrogen (secondary N) is 2. The lowest BCUT2D eigenvalue weighted by Gasteiger charge is -2.15. The molecular weight excluding hydrogens is 380 g/mol. The zero-order chi connectivity index (χ0) is 19.4. The standard InChI is InChI=1S/C16H20N2O6S2/c1-12-5-4-6-14(9-12)25(21,22)18-26(23,24)16-8-3-2-7-15(16)17-10-13(20)11-19/h2-9,13,17-20H,10-11H2,1H3. The molecule has 0 aliphatic carbocycles. The van der Waals surface area contributed by atoms with Crippen LogP contribution in [0.2, 0.25) is 0 Å². The Bertz CT molecular complexity index is 974. The van der Waals surface area contributed by atoms with Crippen LogP contribution in [0, 0.1) is 6.92 Å². The minimum absolute atomic E-state index is 0.104. The Balaban J connectivity index is 2.33. The molecule has 2 rings (SSSR count). The Hall–Kier alpha value is -1.98. The maximum atomic E-state index is 12.6. The molecule has 0 saturated carbocycles. The maximum absolute atomic E-state index is 12.6. The highest BCUT2D eigenvalue weighted by molar-refractivity contribution is 8.04. The Labute approximate surface area is 152 Å². The third kappa shape index (κ3) is 5.02. The molecule has 4 N–H and O–H groups in total. The fraction of sp³-hybridized carbons (Fsp3) is 0.250. The number of sulfonamides is 2. The first-order valence-electron chi connectivity index (χ1n) is 7.63. The molecule has 2 aromatic rings. The summed E-state index contributed by atoms with van der Waals surface area (Å²) in [5.74, 6) is 0. The van der Waals surface area contributed by atoms with Crippen LogP contribution in [-0.4, -0.2) is 46.3 Å². The molecule has 0 aliphatic rings. The van der Waals surface area contributed by atoms with Crippen molar-refractivity contribution < 1.29 is 27.0 Å². The van der Waals surface area contributed by atoms with Gasteiger partial charge < -0.3 is 15.5 Å². The van der Waals surface area contributed by atoms with Gasteiger partial charge in [-0.25, -0.2) is 16.8 Å². The van der Waals surface area contributed by atoms with Crippen molar-refractivity contribution in [3.05, 3.63) is 54.1 Å². The molecule has 0 radical (unpaired) electrons. The van der Waals surface area contributed by atoms with Crippen LogP contribution >= 0.6 is 0 Å². The van der Waals surface area contributed by atoms with E-state index in [4.69, 9.17) is 5.11 Å². The zero-order valence-electron chi connectivity index (χ0n) is 14.0. The number of aryl methyl sites for hydroxylation is 1. The molecule has 26 heavy (non-hydrogen) atoms. The van der Waals surface area contributed by atoms with Crippen molar-refractivity contribution in [2.24, 2.45) is 0 Å². The van der Waals surface area contributed by atoms with Crippen molar-refractivity contribution in [3.63, 3.8) is 0 Å². The van der Waals surface area contributed by atoms with Gasteiger partial charge in [-0.1, -0.05) is 24.3 Å². The summed E-state index contributed by atoms with van der Waals surface area (Å²) in [6, 6.07) is 11.5. The second-order valence-electron chi connectivity index (χ2n) is 5.62. The van der Waals surface area contributed by atoms with Crippen LogP contribution in [0.1, 0.15) is 5.56 Å². The van der Waals surface area contributed by atoms with Crippen molar-refractivity contribution >= 4 is 25.7 Å². The topological polar surface area (TPSA) is 133 Å². The van der Waals surface area contributed by atoms with Crippen LogP contribution in [0.5, 0.6) is 0 Å². The van der Waals surface area contributed by atoms with E-state index in [2.05, 4.69) is 5.32 Å². The van der Waals surface area contributed by atoms with Crippen molar-refractivity contribution in [1.29, 1.82) is 0 Å². The molecule has 2 aromatic carbocycles. The lowest BCUT2D eigenvalue weighted by Crippen LogP contribution is -2.31. The van der Waals surface area contributed by atoms with Gasteiger partial charge in [-0.05, 0) is 36.8 Å². The highest BCUT2D eigenvalue weighted by Gasteiger charge is 2.26. The summed E-state index contributed by atoms with van der Waals surface area (Å²) >= 11 is 0. The fourth-order valence-corrected chi connectivity index (χ4v) is 5.34. The van der Waals surface area contributed by atoms with Crippen molar-refractivity contribution in [2.45, 2.75) is 22.8 Å². The van der Waals surface area contributed by atoms with Gasteiger partial charge in [-0.15, -0.1) is 4.13 Å². The molecule has 0 saturated heterocycles. The highest BCUT2D eigenvalue weighted by atomic mass is 32.3. The van der Waals surface area contributed by atoms with E-state index in [0.717, 1.165) is 0 Å². The Morgan fingerprint density at radius 1 is 1.00 bits per heavy atom. The van der Waals surface area contributed by atoms with Gasteiger partial charge in [0.05, 0.1) is 23.3 Å². The fourth-order valence-electron chi connectivity index (χ4n) is 2.16. The molecule has 0 heterocycles. The molecule has 0 aromatic heterocycles. The molecule has 0 aliphatic heterocycles. The second-order valence-corrected chi connectivity index (χ2v) is 9.21. The van der Waals surface area contributed by atoms with Crippen LogP contribution in [0.3, 0.4) is 0 Å². The van der Waals surface area contributed by atoms with Crippen molar-refractivity contribution in [1.82, 2.24) is 4.13 Å². The lowest BCUT2D eigenvalue weighted by atomic mass is 10.2. The van der Waals surface area contributed by atoms with Gasteiger partial charge in [-0.3, -0.25) is 0 Å². The summed E-state index contributed by atoms with van der Waals surface area (Å²) in [6.45, 7) is 1.09. The van der Waals surface area contributed by atoms with Gasteiger partial charge in [0.25, 0.3) is 20.0 Å². The third-order valence-corrected chi connectivity index (χ3v) is 7.00. The maximum Gasteiger partial charge on any atom is 0.255 e. The molecular formula is C16H20N2O6S2. The van der Waals surface area contributed by atoms with Crippen molar-refractivity contribution in [3.8, 4) is 0 Å². The average Bonchev–Trinajstić information content (AvgIpc) is 2.59. The number of aliphatic hydroxyl groups is 2. The number of para-hydroxylation sites is 1. The normalized spacial score (nSPS) is 13.3. The van der Waals surface area contributed by atoms with E-state index in [9.17, 15) is 21.9 Å². The number of rotatable bonds is 8. The summed E-state index contributed by atoms with van der Waals surface area (Å²) in [5, 5.41) is 20.9. The van der Waals surface area contributed by atoms with E-state index in [-0.39, 0.29) is 22.0 Å². The van der Waals surface area contributed by atoms with E-state index in [0.29, 0.717) is 5.56 Å². The first-order chi connectivity index (χ1) is 12.2. The van der Waals surface area contributed by atoms with Crippen LogP contribution in [0.25, 0.3) is 0 Å². The number of hydrogen-bond donors (Lipinski definition) is 4. The number of anilines is 1. The smallest absolute Gasteiger partial charge is 0.255 e. The summed E-state index contributed by atoms with van der Waals surface area (Å²) in [7, 11) is -8.71. The van der Waals surface area contributed by atoms with Gasteiger partial charge in [-0.2, -0.15) is 0 Å². The van der Waals surface area contributed by atoms with Gasteiger partial charge in [0.2, 0.25) is 0 Å². The van der Waals surface area contributed by atoms with Crippen LogP contribution in [0.4, 0.5) is 5.69 Å². The Morgan fingerprint density at radius 3 is 2.35 bits per heavy atom. The zero-order valence-corrected chi connectivity index (χ0v) is 15.6. The largest absolute Gasteiger partial charge is 0.394 e. The Morgan fingerprint density at radius 2 is 1.69 bits per heavy atom. The molecule has 0 spiro atoms. The third-order valence-electron chi connectivity index (χ3n) is 3.43. The molecule has 10 heteroatoms. The molecule has 142 valence electrons. The predicted octanol–water partition coefficient (Wildman–Crippen LogP) is 0.427. The average molecular weight is 400 g/mol. The van der Waals surface area contributed by atoms with Crippen LogP contribution in [0.15, 0.2) is 58.3 Å². The highest BCUT2D eigenvalue weighted by Crippen LogP contribution is 2.22. The van der Waals surface area contributed by atoms with Crippen LogP contribution < -0.4 is 9.44 Å². The van der Waals surface area contributed by atoms with Gasteiger partial charge in [0.1, 0.15) is 4.90 Å². The first kappa shape index (κ1) is 20.3. The summed E-state index contributed by atoms with van der Waals surface area (Å²) in [6.07, 6.45) is -1.09. The number of benzene rings is 2. The first-order valence-corrected chi connectivity index (χ1v) is 10.6. The second kappa shape index (κ2) is 8.14. The number of aliphatic hydroxyl groups excluding tert-OH is 2. The minimum atomic E-state index is -4.41. The van der Waals surface area contributed by atoms with E-state index in [1.165, 1.54) is 36.4 Å². The Kier molecular flexibility index (Phi) is 6.37. The molecule has 1 atom stereocenters. The van der Waals surface area contributed by atoms with E-state index in [1.807, 2.05) is 0 Å². The summed E-state index contributed by atoms with van der Waals surface area (Å²) in [5.41, 5.74) is 0.775. The summed E-state index contributed by atoms with van der Waals surface area (Å²) in [4.78, 5) is -0.455. The molecule has 0 bridgehead atoms. The van der Waals surface area contributed by atoms with E-state index >= 15 is 0 Å². The van der Waals surface area contributed by atoms with Gasteiger partial charge in [0.15, 0.2) is 0 Å². The molecule has 0 amide bonds. The lowest BCUT2D eigenvalue weighted by molar-refractivity contribution is 0.105. The molecule has 8 nitrogen and oxygen atoms in total. The predicted molar refractivity (Wildman–Crippen MR) is 96.7 cm³/mol. The SMILES string of the molecule is Cc1cccc(S(=O)(=O)NS(=O)(=O)c2ccccc2NCC(O)CO)c1. The van der Waals surface area contributed by atoms with Crippen LogP contribution in [-0.2, 0) is 20.0 Å². The van der Waals surface area contributed by atoms with Gasteiger partial charge in [0, 0.05) is 6.54 Å². The molecule has 1 unspecified atom stereocenters. The number of hydrogen-bond acceptors (Lipinski definition) is 7. The monoisotopic (exact) mass is 400 g/mol. The quantitative estimate of drug-likeness (QED) is 0.505.